The number of hydrogen-bond donors (Lipinski definition) is 5. The highest BCUT2D eigenvalue weighted by Crippen LogP contribution is 2.41. The van der Waals surface area contributed by atoms with Crippen LogP contribution >= 0.6 is 23.1 Å². The minimum absolute atomic E-state index is 0.0232. The molecule has 53 heavy (non-hydrogen) atoms. The van der Waals surface area contributed by atoms with Gasteiger partial charge in [-0.05, 0) is 0 Å². The molecule has 6 N–H and O–H groups in total. The second-order valence-corrected chi connectivity index (χ2v) is 14.9. The van der Waals surface area contributed by atoms with Crippen LogP contribution < -0.4 is 21.6 Å². The van der Waals surface area contributed by atoms with E-state index in [0.717, 1.165) is 35.1 Å². The average molecular weight is 775 g/mol. The highest BCUT2D eigenvalue weighted by Gasteiger charge is 2.54. The molecular formula is C31H34N8O12S2. The number of amides is 3. The minimum Gasteiger partial charge on any atom is -0.543 e. The predicted octanol–water partition coefficient (Wildman–Crippen LogP) is -2.59. The Hall–Kier alpha value is -5.48. The number of hydrogen-bond acceptors (Lipinski definition) is 15. The molecule has 0 aromatic carbocycles. The number of aromatic hydroxyl groups is 1. The molecule has 0 saturated carbocycles. The van der Waals surface area contributed by atoms with Crippen molar-refractivity contribution < 1.29 is 58.5 Å². The highest BCUT2D eigenvalue weighted by atomic mass is 32.2. The number of nitrogens with two attached hydrogens (primary N) is 1. The average Bonchev–Trinajstić information content (AvgIpc) is 3.75. The Labute approximate surface area is 307 Å². The summed E-state index contributed by atoms with van der Waals surface area (Å²) in [5, 5.41) is 47.2. The molecule has 2 saturated heterocycles. The number of aliphatic carboxylic acids is 3. The first-order chi connectivity index (χ1) is 25.2. The molecule has 2 fully saturated rings. The Bertz CT molecular complexity index is 2000. The molecule has 0 aliphatic carbocycles. The van der Waals surface area contributed by atoms with Gasteiger partial charge in [-0.25, -0.2) is 9.78 Å². The molecule has 282 valence electrons. The van der Waals surface area contributed by atoms with Crippen LogP contribution in [-0.2, 0) is 35.4 Å². The van der Waals surface area contributed by atoms with Crippen LogP contribution in [0.2, 0.25) is 0 Å². The number of carboxylic acids is 3. The summed E-state index contributed by atoms with van der Waals surface area (Å²) < 4.78 is 2.00. The fourth-order valence-electron chi connectivity index (χ4n) is 6.89. The number of nitrogens with one attached hydrogen (secondary N) is 1. The molecule has 4 aliphatic rings. The van der Waals surface area contributed by atoms with Crippen LogP contribution in [0.3, 0.4) is 0 Å². The van der Waals surface area contributed by atoms with Gasteiger partial charge in [0.05, 0.1) is 50.5 Å². The minimum atomic E-state index is -1.95. The van der Waals surface area contributed by atoms with Crippen molar-refractivity contribution in [2.24, 2.45) is 5.16 Å². The number of nitrogens with zero attached hydrogens (tertiary/aromatic N) is 6. The lowest BCUT2D eigenvalue weighted by Crippen LogP contribution is -2.72. The van der Waals surface area contributed by atoms with E-state index in [1.165, 1.54) is 27.9 Å². The molecule has 2 aromatic rings. The number of thioether (sulfide) groups is 1. The molecule has 0 radical (unpaired) electrons. The van der Waals surface area contributed by atoms with Crippen molar-refractivity contribution in [2.45, 2.75) is 43.3 Å². The lowest BCUT2D eigenvalue weighted by molar-refractivity contribution is -0.911. The summed E-state index contributed by atoms with van der Waals surface area (Å²) in [6.45, 7) is 3.23. The van der Waals surface area contributed by atoms with Gasteiger partial charge in [0, 0.05) is 48.7 Å². The zero-order valence-electron chi connectivity index (χ0n) is 27.8. The second kappa shape index (κ2) is 14.9. The Morgan fingerprint density at radius 2 is 1.91 bits per heavy atom. The summed E-state index contributed by atoms with van der Waals surface area (Å²) in [5.41, 5.74) is 4.67. The first-order valence-corrected chi connectivity index (χ1v) is 18.3. The number of likely N-dealkylation sites (tertiary alicyclic amines) is 1. The molecule has 3 atom stereocenters. The van der Waals surface area contributed by atoms with E-state index in [1.807, 2.05) is 0 Å². The molecule has 6 rings (SSSR count). The van der Waals surface area contributed by atoms with Gasteiger partial charge in [-0.2, -0.15) is 0 Å². The maximum atomic E-state index is 13.5. The number of pyridine rings is 1. The van der Waals surface area contributed by atoms with E-state index >= 15 is 0 Å². The molecular weight excluding hydrogens is 741 g/mol. The van der Waals surface area contributed by atoms with E-state index < -0.39 is 70.6 Å². The Morgan fingerprint density at radius 3 is 2.55 bits per heavy atom. The summed E-state index contributed by atoms with van der Waals surface area (Å²) in [6.07, 6.45) is 0.0644. The lowest BCUT2D eigenvalue weighted by atomic mass is 10.0. The van der Waals surface area contributed by atoms with E-state index in [-0.39, 0.29) is 40.4 Å². The summed E-state index contributed by atoms with van der Waals surface area (Å²) in [5.74, 6) is -7.09. The standard InChI is InChI=1S/C31H34N8O12S2/c32-31-33-16(14-53-31)22(35-51-20(29(47)48)10-21(42)43)25(44)34-23-27(46)38-24(30(49)50)15(13-52-28(23)38)12-39(6-1-2-7-39)8-5-36-3-4-37-11-19(41)18(40)9-17(37)26(36)45/h9,11,14,20,23,28H,1-8,10,12-13H2,(H6-,32,33,34,41,42,43,44,47,48,49,50)/t20-,23+,28+/m0/s1. The fraction of sp³-hybridized carbons (Fsp3) is 0.452. The van der Waals surface area contributed by atoms with Crippen molar-refractivity contribution in [1.29, 1.82) is 0 Å². The smallest absolute Gasteiger partial charge is 0.348 e. The van der Waals surface area contributed by atoms with Crippen molar-refractivity contribution >= 4 is 69.6 Å². The van der Waals surface area contributed by atoms with Crippen molar-refractivity contribution in [3.63, 3.8) is 0 Å². The van der Waals surface area contributed by atoms with Gasteiger partial charge in [-0.1, -0.05) is 5.16 Å². The number of nitrogen functional groups attached to an aromatic ring is 1. The quantitative estimate of drug-likeness (QED) is 0.0570. The van der Waals surface area contributed by atoms with E-state index in [2.05, 4.69) is 15.5 Å². The molecule has 20 nitrogen and oxygen atoms in total. The zero-order valence-corrected chi connectivity index (χ0v) is 29.5. The first kappa shape index (κ1) is 37.3. The Morgan fingerprint density at radius 1 is 1.17 bits per heavy atom. The number of thiazole rings is 1. The van der Waals surface area contributed by atoms with Crippen LogP contribution in [0, 0.1) is 0 Å². The van der Waals surface area contributed by atoms with Gasteiger partial charge < -0.3 is 55.1 Å². The first-order valence-electron chi connectivity index (χ1n) is 16.3. The highest BCUT2D eigenvalue weighted by molar-refractivity contribution is 8.00. The summed E-state index contributed by atoms with van der Waals surface area (Å²) in [4.78, 5) is 98.9. The monoisotopic (exact) mass is 774 g/mol. The number of carbonyl (C=O) groups excluding carboxylic acids is 4. The van der Waals surface area contributed by atoms with Gasteiger partial charge in [-0.15, -0.1) is 23.1 Å². The van der Waals surface area contributed by atoms with Gasteiger partial charge in [0.1, 0.15) is 29.3 Å². The third-order valence-corrected chi connectivity index (χ3v) is 11.5. The Kier molecular flexibility index (Phi) is 10.5. The summed E-state index contributed by atoms with van der Waals surface area (Å²) in [7, 11) is 0. The van der Waals surface area contributed by atoms with E-state index in [9.17, 15) is 48.9 Å². The van der Waals surface area contributed by atoms with Gasteiger partial charge >= 0.3 is 11.9 Å². The summed E-state index contributed by atoms with van der Waals surface area (Å²) in [6, 6.07) is -0.111. The van der Waals surface area contributed by atoms with Crippen molar-refractivity contribution in [3.8, 4) is 5.75 Å². The molecule has 3 amide bonds. The van der Waals surface area contributed by atoms with Crippen LogP contribution in [-0.4, -0.2) is 143 Å². The van der Waals surface area contributed by atoms with Crippen LogP contribution in [0.5, 0.6) is 5.75 Å². The lowest BCUT2D eigenvalue weighted by Gasteiger charge is -2.51. The fourth-order valence-corrected chi connectivity index (χ4v) is 8.77. The number of oxime groups is 1. The van der Waals surface area contributed by atoms with Crippen molar-refractivity contribution in [2.75, 3.05) is 50.8 Å². The zero-order chi connectivity index (χ0) is 38.2. The Balaban J connectivity index is 1.17. The predicted molar refractivity (Wildman–Crippen MR) is 182 cm³/mol. The number of rotatable bonds is 14. The van der Waals surface area contributed by atoms with Gasteiger partial charge in [0.25, 0.3) is 17.7 Å². The van der Waals surface area contributed by atoms with E-state index in [1.54, 1.807) is 4.90 Å². The number of fused-ring (bicyclic) bond motifs is 2. The number of quaternary nitrogens is 1. The van der Waals surface area contributed by atoms with Crippen molar-refractivity contribution in [3.05, 3.63) is 50.5 Å². The van der Waals surface area contributed by atoms with E-state index in [4.69, 9.17) is 15.7 Å². The topological polar surface area (TPSA) is 287 Å². The summed E-state index contributed by atoms with van der Waals surface area (Å²) >= 11 is 2.15. The van der Waals surface area contributed by atoms with Gasteiger partial charge in [-0.3, -0.25) is 28.9 Å². The van der Waals surface area contributed by atoms with Crippen LogP contribution in [0.15, 0.2) is 38.9 Å². The molecule has 0 spiro atoms. The normalized spacial score (nSPS) is 21.4. The SMILES string of the molecule is Nc1nc(C(=NO[C@@H](CC(=O)O)C(=O)O)C(=O)N[C@@H]2C(=O)N3C(C(=O)[O-])=C(C[N+]4(CCN5CCn6cc(O)c(=O)cc6C5=O)CCCC4)CS[C@H]23)cs1. The van der Waals surface area contributed by atoms with Crippen LogP contribution in [0.4, 0.5) is 5.13 Å². The number of carboxylic acid groups (broad SMARTS) is 3. The maximum absolute atomic E-state index is 13.5. The third-order valence-electron chi connectivity index (χ3n) is 9.52. The number of carbonyl (C=O) groups is 6. The third kappa shape index (κ3) is 7.55. The molecule has 4 aliphatic heterocycles. The number of β-lactam (4-membered cyclic amide) rings is 1. The van der Waals surface area contributed by atoms with Gasteiger partial charge in [0.2, 0.25) is 11.5 Å². The van der Waals surface area contributed by atoms with Crippen molar-refractivity contribution in [1.82, 2.24) is 24.7 Å². The van der Waals surface area contributed by atoms with Crippen LogP contribution in [0.25, 0.3) is 0 Å². The second-order valence-electron chi connectivity index (χ2n) is 12.9. The van der Waals surface area contributed by atoms with Crippen LogP contribution in [0.1, 0.15) is 35.4 Å². The largest absolute Gasteiger partial charge is 0.543 e. The molecule has 22 heteroatoms. The number of anilines is 1. The maximum Gasteiger partial charge on any atom is 0.348 e. The number of aromatic nitrogens is 2. The molecule has 6 heterocycles. The van der Waals surface area contributed by atoms with E-state index in [0.29, 0.717) is 49.3 Å². The molecule has 0 bridgehead atoms. The van der Waals surface area contributed by atoms with Gasteiger partial charge in [0.15, 0.2) is 16.6 Å². The molecule has 2 aromatic heterocycles. The molecule has 0 unspecified atom stereocenters.